The first-order valence-corrected chi connectivity index (χ1v) is 7.57. The highest BCUT2D eigenvalue weighted by Crippen LogP contribution is 2.38. The molecule has 2 rings (SSSR count). The van der Waals surface area contributed by atoms with Gasteiger partial charge in [0.1, 0.15) is 0 Å². The highest BCUT2D eigenvalue weighted by Gasteiger charge is 2.27. The predicted octanol–water partition coefficient (Wildman–Crippen LogP) is 4.94. The van der Waals surface area contributed by atoms with Crippen molar-refractivity contribution in [1.29, 1.82) is 0 Å². The number of benzene rings is 1. The van der Waals surface area contributed by atoms with Crippen LogP contribution in [0.5, 0.6) is 0 Å². The molecular formula is C14H19BrClN. The molecule has 1 fully saturated rings. The van der Waals surface area contributed by atoms with Gasteiger partial charge in [0.2, 0.25) is 0 Å². The van der Waals surface area contributed by atoms with Gasteiger partial charge < -0.3 is 5.32 Å². The summed E-state index contributed by atoms with van der Waals surface area (Å²) in [6.07, 6.45) is 5.39. The Balaban J connectivity index is 2.27. The van der Waals surface area contributed by atoms with Crippen molar-refractivity contribution in [3.8, 4) is 0 Å². The van der Waals surface area contributed by atoms with E-state index in [1.807, 2.05) is 6.07 Å². The summed E-state index contributed by atoms with van der Waals surface area (Å²) in [7, 11) is 0. The molecule has 0 heterocycles. The van der Waals surface area contributed by atoms with Crippen molar-refractivity contribution in [2.75, 3.05) is 6.54 Å². The summed E-state index contributed by atoms with van der Waals surface area (Å²) in [5, 5.41) is 4.44. The van der Waals surface area contributed by atoms with E-state index in [4.69, 9.17) is 11.6 Å². The van der Waals surface area contributed by atoms with Gasteiger partial charge in [0, 0.05) is 15.5 Å². The van der Waals surface area contributed by atoms with Crippen molar-refractivity contribution in [3.05, 3.63) is 33.3 Å². The Hall–Kier alpha value is -0.0500. The lowest BCUT2D eigenvalue weighted by Gasteiger charge is -2.26. The third kappa shape index (κ3) is 3.24. The van der Waals surface area contributed by atoms with Crippen molar-refractivity contribution in [1.82, 2.24) is 5.32 Å². The van der Waals surface area contributed by atoms with E-state index in [0.717, 1.165) is 17.5 Å². The van der Waals surface area contributed by atoms with Crippen LogP contribution in [-0.2, 0) is 0 Å². The van der Waals surface area contributed by atoms with Gasteiger partial charge in [-0.15, -0.1) is 0 Å². The van der Waals surface area contributed by atoms with E-state index >= 15 is 0 Å². The molecule has 1 aromatic rings. The van der Waals surface area contributed by atoms with E-state index < -0.39 is 0 Å². The quantitative estimate of drug-likeness (QED) is 0.829. The normalized spacial score (nSPS) is 18.5. The lowest BCUT2D eigenvalue weighted by molar-refractivity contribution is 0.373. The standard InChI is InChI=1S/C14H19BrClN/c1-2-17-14(10-5-3-4-6-10)12-9-11(16)7-8-13(12)15/h7-10,14,17H,2-6H2,1H3. The number of hydrogen-bond acceptors (Lipinski definition) is 1. The number of halogens is 2. The van der Waals surface area contributed by atoms with Crippen LogP contribution in [0.4, 0.5) is 0 Å². The van der Waals surface area contributed by atoms with Crippen LogP contribution < -0.4 is 5.32 Å². The van der Waals surface area contributed by atoms with Gasteiger partial charge >= 0.3 is 0 Å². The van der Waals surface area contributed by atoms with Gasteiger partial charge in [0.15, 0.2) is 0 Å². The monoisotopic (exact) mass is 315 g/mol. The molecule has 1 saturated carbocycles. The fourth-order valence-electron chi connectivity index (χ4n) is 2.79. The highest BCUT2D eigenvalue weighted by atomic mass is 79.9. The average Bonchev–Trinajstić information content (AvgIpc) is 2.83. The molecule has 0 spiro atoms. The van der Waals surface area contributed by atoms with Gasteiger partial charge in [-0.05, 0) is 49.1 Å². The molecule has 1 nitrogen and oxygen atoms in total. The molecule has 0 aliphatic heterocycles. The van der Waals surface area contributed by atoms with Crippen molar-refractivity contribution < 1.29 is 0 Å². The summed E-state index contributed by atoms with van der Waals surface area (Å²) < 4.78 is 1.17. The Morgan fingerprint density at radius 2 is 2.12 bits per heavy atom. The Bertz CT molecular complexity index is 374. The first-order valence-electron chi connectivity index (χ1n) is 6.40. The minimum absolute atomic E-state index is 0.440. The van der Waals surface area contributed by atoms with Gasteiger partial charge in [0.25, 0.3) is 0 Å². The lowest BCUT2D eigenvalue weighted by Crippen LogP contribution is -2.27. The summed E-state index contributed by atoms with van der Waals surface area (Å²) in [6.45, 7) is 3.17. The molecule has 1 atom stereocenters. The summed E-state index contributed by atoms with van der Waals surface area (Å²) in [6, 6.07) is 6.52. The van der Waals surface area contributed by atoms with Gasteiger partial charge in [0.05, 0.1) is 0 Å². The molecule has 94 valence electrons. The SMILES string of the molecule is CCNC(c1cc(Cl)ccc1Br)C1CCCC1. The number of nitrogens with one attached hydrogen (secondary N) is 1. The van der Waals surface area contributed by atoms with Crippen molar-refractivity contribution >= 4 is 27.5 Å². The van der Waals surface area contributed by atoms with E-state index in [0.29, 0.717) is 6.04 Å². The fourth-order valence-corrected chi connectivity index (χ4v) is 3.47. The van der Waals surface area contributed by atoms with Crippen LogP contribution in [0.15, 0.2) is 22.7 Å². The number of hydrogen-bond donors (Lipinski definition) is 1. The van der Waals surface area contributed by atoms with Crippen LogP contribution in [0.3, 0.4) is 0 Å². The third-order valence-electron chi connectivity index (χ3n) is 3.59. The Labute approximate surface area is 117 Å². The summed E-state index contributed by atoms with van der Waals surface area (Å²) in [4.78, 5) is 0. The first kappa shape index (κ1) is 13.4. The maximum atomic E-state index is 6.12. The maximum Gasteiger partial charge on any atom is 0.0410 e. The van der Waals surface area contributed by atoms with Gasteiger partial charge in [-0.25, -0.2) is 0 Å². The molecule has 0 amide bonds. The van der Waals surface area contributed by atoms with Crippen LogP contribution in [0.25, 0.3) is 0 Å². The molecule has 0 radical (unpaired) electrons. The molecule has 0 aromatic heterocycles. The zero-order valence-electron chi connectivity index (χ0n) is 10.2. The summed E-state index contributed by atoms with van der Waals surface area (Å²) in [5.41, 5.74) is 1.31. The highest BCUT2D eigenvalue weighted by molar-refractivity contribution is 9.10. The molecule has 1 aromatic carbocycles. The number of rotatable bonds is 4. The van der Waals surface area contributed by atoms with Crippen LogP contribution in [0.1, 0.15) is 44.2 Å². The Kier molecular flexibility index (Phi) is 4.89. The van der Waals surface area contributed by atoms with E-state index in [1.54, 1.807) is 0 Å². The second-order valence-electron chi connectivity index (χ2n) is 4.75. The minimum Gasteiger partial charge on any atom is -0.310 e. The van der Waals surface area contributed by atoms with E-state index in [1.165, 1.54) is 35.7 Å². The second kappa shape index (κ2) is 6.21. The predicted molar refractivity (Wildman–Crippen MR) is 77.5 cm³/mol. The summed E-state index contributed by atoms with van der Waals surface area (Å²) >= 11 is 9.77. The molecule has 0 saturated heterocycles. The van der Waals surface area contributed by atoms with E-state index in [2.05, 4.69) is 40.3 Å². The maximum absolute atomic E-state index is 6.12. The molecule has 1 N–H and O–H groups in total. The van der Waals surface area contributed by atoms with E-state index in [9.17, 15) is 0 Å². The first-order chi connectivity index (χ1) is 8.22. The minimum atomic E-state index is 0.440. The zero-order chi connectivity index (χ0) is 12.3. The molecule has 1 aliphatic rings. The van der Waals surface area contributed by atoms with Crippen LogP contribution in [0.2, 0.25) is 5.02 Å². The molecule has 17 heavy (non-hydrogen) atoms. The second-order valence-corrected chi connectivity index (χ2v) is 6.04. The summed E-state index contributed by atoms with van der Waals surface area (Å²) in [5.74, 6) is 0.754. The smallest absolute Gasteiger partial charge is 0.0410 e. The Morgan fingerprint density at radius 3 is 2.76 bits per heavy atom. The van der Waals surface area contributed by atoms with Crippen molar-refractivity contribution in [3.63, 3.8) is 0 Å². The van der Waals surface area contributed by atoms with Crippen molar-refractivity contribution in [2.24, 2.45) is 5.92 Å². The molecule has 3 heteroatoms. The van der Waals surface area contributed by atoms with Crippen LogP contribution >= 0.6 is 27.5 Å². The fraction of sp³-hybridized carbons (Fsp3) is 0.571. The molecule has 1 aliphatic carbocycles. The van der Waals surface area contributed by atoms with Crippen LogP contribution in [-0.4, -0.2) is 6.54 Å². The average molecular weight is 317 g/mol. The van der Waals surface area contributed by atoms with Gasteiger partial charge in [-0.1, -0.05) is 47.3 Å². The zero-order valence-corrected chi connectivity index (χ0v) is 12.5. The topological polar surface area (TPSA) is 12.0 Å². The Morgan fingerprint density at radius 1 is 1.41 bits per heavy atom. The van der Waals surface area contributed by atoms with E-state index in [-0.39, 0.29) is 0 Å². The van der Waals surface area contributed by atoms with Gasteiger partial charge in [-0.3, -0.25) is 0 Å². The largest absolute Gasteiger partial charge is 0.310 e. The third-order valence-corrected chi connectivity index (χ3v) is 4.55. The van der Waals surface area contributed by atoms with Crippen molar-refractivity contribution in [2.45, 2.75) is 38.6 Å². The van der Waals surface area contributed by atoms with Crippen LogP contribution in [0, 0.1) is 5.92 Å². The molecule has 0 bridgehead atoms. The molecule has 1 unspecified atom stereocenters. The lowest BCUT2D eigenvalue weighted by atomic mass is 9.91. The molecular weight excluding hydrogens is 298 g/mol. The van der Waals surface area contributed by atoms with Gasteiger partial charge in [-0.2, -0.15) is 0 Å².